The maximum Gasteiger partial charge on any atom is 0.245 e. The van der Waals surface area contributed by atoms with E-state index in [2.05, 4.69) is 11.4 Å². The summed E-state index contributed by atoms with van der Waals surface area (Å²) in [4.78, 5) is 26.1. The predicted octanol–water partition coefficient (Wildman–Crippen LogP) is -0.204. The molecule has 3 rings (SSSR count). The van der Waals surface area contributed by atoms with Crippen LogP contribution in [0.3, 0.4) is 0 Å². The number of nitriles is 1. The molecular formula is C13H17N3O3. The minimum atomic E-state index is -0.866. The van der Waals surface area contributed by atoms with Crippen molar-refractivity contribution in [2.24, 2.45) is 5.41 Å². The van der Waals surface area contributed by atoms with Crippen LogP contribution in [0.1, 0.15) is 25.7 Å². The third-order valence-electron chi connectivity index (χ3n) is 3.99. The smallest absolute Gasteiger partial charge is 0.245 e. The van der Waals surface area contributed by atoms with Crippen molar-refractivity contribution in [1.29, 1.82) is 5.26 Å². The number of hydrogen-bond acceptors (Lipinski definition) is 4. The first-order valence-electron chi connectivity index (χ1n) is 6.77. The normalized spacial score (nSPS) is 28.4. The van der Waals surface area contributed by atoms with E-state index in [0.29, 0.717) is 26.0 Å². The second kappa shape index (κ2) is 4.49. The van der Waals surface area contributed by atoms with E-state index >= 15 is 0 Å². The summed E-state index contributed by atoms with van der Waals surface area (Å²) in [6.07, 6.45) is 3.23. The molecule has 0 aromatic carbocycles. The van der Waals surface area contributed by atoms with Crippen molar-refractivity contribution in [2.45, 2.75) is 37.8 Å². The lowest BCUT2D eigenvalue weighted by atomic mass is 10.1. The number of nitrogens with one attached hydrogen (secondary N) is 1. The zero-order chi connectivity index (χ0) is 13.5. The molecule has 2 aliphatic carbocycles. The summed E-state index contributed by atoms with van der Waals surface area (Å²) in [5.41, 5.74) is -0.866. The van der Waals surface area contributed by atoms with Gasteiger partial charge in [0.2, 0.25) is 11.8 Å². The lowest BCUT2D eigenvalue weighted by molar-refractivity contribution is -0.151. The van der Waals surface area contributed by atoms with Gasteiger partial charge in [-0.15, -0.1) is 0 Å². The summed E-state index contributed by atoms with van der Waals surface area (Å²) in [6, 6.07) is 1.78. The molecule has 1 saturated heterocycles. The Labute approximate surface area is 111 Å². The topological polar surface area (TPSA) is 82.4 Å². The van der Waals surface area contributed by atoms with Crippen LogP contribution < -0.4 is 5.32 Å². The van der Waals surface area contributed by atoms with E-state index in [1.165, 1.54) is 4.90 Å². The molecule has 0 spiro atoms. The summed E-state index contributed by atoms with van der Waals surface area (Å²) >= 11 is 0. The van der Waals surface area contributed by atoms with Gasteiger partial charge in [-0.1, -0.05) is 0 Å². The number of ether oxygens (including phenoxy) is 1. The van der Waals surface area contributed by atoms with Gasteiger partial charge in [0.1, 0.15) is 11.5 Å². The molecule has 6 nitrogen and oxygen atoms in total. The molecule has 0 bridgehead atoms. The van der Waals surface area contributed by atoms with Gasteiger partial charge >= 0.3 is 0 Å². The monoisotopic (exact) mass is 263 g/mol. The van der Waals surface area contributed by atoms with Gasteiger partial charge in [0, 0.05) is 12.6 Å². The van der Waals surface area contributed by atoms with Crippen molar-refractivity contribution in [3.8, 4) is 6.07 Å². The van der Waals surface area contributed by atoms with Crippen molar-refractivity contribution >= 4 is 11.8 Å². The first kappa shape index (κ1) is 12.4. The van der Waals surface area contributed by atoms with Gasteiger partial charge in [-0.05, 0) is 25.7 Å². The Kier molecular flexibility index (Phi) is 2.94. The average molecular weight is 263 g/mol. The number of carbonyl (C=O) groups excluding carboxylic acids is 2. The number of morpholine rings is 1. The van der Waals surface area contributed by atoms with Gasteiger partial charge in [-0.3, -0.25) is 9.59 Å². The fourth-order valence-electron chi connectivity index (χ4n) is 2.36. The third-order valence-corrected chi connectivity index (χ3v) is 3.99. The number of rotatable bonds is 3. The molecule has 0 aromatic rings. The van der Waals surface area contributed by atoms with Gasteiger partial charge in [0.25, 0.3) is 0 Å². The van der Waals surface area contributed by atoms with Crippen molar-refractivity contribution in [2.75, 3.05) is 19.8 Å². The number of amides is 2. The number of nitrogens with zero attached hydrogens (tertiary/aromatic N) is 2. The Balaban J connectivity index is 1.71. The van der Waals surface area contributed by atoms with Crippen molar-refractivity contribution in [1.82, 2.24) is 10.2 Å². The molecule has 0 radical (unpaired) electrons. The third kappa shape index (κ3) is 2.30. The molecule has 102 valence electrons. The molecule has 2 amide bonds. The van der Waals surface area contributed by atoms with Crippen LogP contribution in [0.4, 0.5) is 0 Å². The molecule has 0 aromatic heterocycles. The van der Waals surface area contributed by atoms with Crippen LogP contribution in [0, 0.1) is 16.7 Å². The minimum Gasteiger partial charge on any atom is -0.377 e. The molecule has 2 saturated carbocycles. The Morgan fingerprint density at radius 3 is 2.68 bits per heavy atom. The second-order valence-electron chi connectivity index (χ2n) is 5.57. The van der Waals surface area contributed by atoms with E-state index in [4.69, 9.17) is 10.00 Å². The van der Waals surface area contributed by atoms with E-state index in [1.807, 2.05) is 0 Å². The maximum absolute atomic E-state index is 12.4. The highest BCUT2D eigenvalue weighted by atomic mass is 16.5. The standard InChI is InChI=1S/C13H17N3O3/c14-8-13(3-4-13)12(18)16-5-6-19-7-10(16)11(17)15-9-1-2-9/h9-10H,1-7H2,(H,15,17). The van der Waals surface area contributed by atoms with Crippen LogP contribution >= 0.6 is 0 Å². The van der Waals surface area contributed by atoms with E-state index in [9.17, 15) is 9.59 Å². The molecule has 1 N–H and O–H groups in total. The van der Waals surface area contributed by atoms with Gasteiger partial charge in [0.05, 0.1) is 19.3 Å². The van der Waals surface area contributed by atoms with Crippen molar-refractivity contribution in [3.05, 3.63) is 0 Å². The number of hydrogen-bond donors (Lipinski definition) is 1. The zero-order valence-electron chi connectivity index (χ0n) is 10.7. The molecule has 3 aliphatic rings. The van der Waals surface area contributed by atoms with Gasteiger partial charge < -0.3 is 15.0 Å². The largest absolute Gasteiger partial charge is 0.377 e. The fraction of sp³-hybridized carbons (Fsp3) is 0.769. The molecule has 3 fully saturated rings. The highest BCUT2D eigenvalue weighted by molar-refractivity contribution is 5.93. The quantitative estimate of drug-likeness (QED) is 0.764. The minimum absolute atomic E-state index is 0.149. The van der Waals surface area contributed by atoms with E-state index in [1.54, 1.807) is 0 Å². The highest BCUT2D eigenvalue weighted by Crippen LogP contribution is 2.47. The maximum atomic E-state index is 12.4. The lowest BCUT2D eigenvalue weighted by Gasteiger charge is -2.35. The fourth-order valence-corrected chi connectivity index (χ4v) is 2.36. The Morgan fingerprint density at radius 1 is 1.37 bits per heavy atom. The second-order valence-corrected chi connectivity index (χ2v) is 5.57. The summed E-state index contributed by atoms with van der Waals surface area (Å²) < 4.78 is 5.31. The summed E-state index contributed by atoms with van der Waals surface area (Å²) in [6.45, 7) is 1.05. The average Bonchev–Trinajstić information content (AvgIpc) is 3.32. The van der Waals surface area contributed by atoms with Crippen LogP contribution in [0.5, 0.6) is 0 Å². The summed E-state index contributed by atoms with van der Waals surface area (Å²) in [5.74, 6) is -0.349. The van der Waals surface area contributed by atoms with E-state index in [-0.39, 0.29) is 24.5 Å². The van der Waals surface area contributed by atoms with Gasteiger partial charge in [-0.25, -0.2) is 0 Å². The van der Waals surface area contributed by atoms with Crippen molar-refractivity contribution < 1.29 is 14.3 Å². The first-order valence-corrected chi connectivity index (χ1v) is 6.77. The Hall–Kier alpha value is -1.61. The Morgan fingerprint density at radius 2 is 2.11 bits per heavy atom. The highest BCUT2D eigenvalue weighted by Gasteiger charge is 2.54. The molecule has 6 heteroatoms. The SMILES string of the molecule is N#CC1(C(=O)N2CCOCC2C(=O)NC2CC2)CC1. The van der Waals surface area contributed by atoms with E-state index < -0.39 is 11.5 Å². The van der Waals surface area contributed by atoms with Gasteiger partial charge in [0.15, 0.2) is 0 Å². The molecule has 1 unspecified atom stereocenters. The zero-order valence-corrected chi connectivity index (χ0v) is 10.7. The Bertz CT molecular complexity index is 449. The molecular weight excluding hydrogens is 246 g/mol. The van der Waals surface area contributed by atoms with Crippen LogP contribution in [-0.4, -0.2) is 48.6 Å². The van der Waals surface area contributed by atoms with Crippen molar-refractivity contribution in [3.63, 3.8) is 0 Å². The van der Waals surface area contributed by atoms with Crippen LogP contribution in [0.2, 0.25) is 0 Å². The van der Waals surface area contributed by atoms with Crippen LogP contribution in [0.15, 0.2) is 0 Å². The predicted molar refractivity (Wildman–Crippen MR) is 64.8 cm³/mol. The first-order chi connectivity index (χ1) is 9.16. The number of carbonyl (C=O) groups is 2. The van der Waals surface area contributed by atoms with Crippen LogP contribution in [-0.2, 0) is 14.3 Å². The van der Waals surface area contributed by atoms with Crippen LogP contribution in [0.25, 0.3) is 0 Å². The molecule has 1 atom stereocenters. The van der Waals surface area contributed by atoms with E-state index in [0.717, 1.165) is 12.8 Å². The van der Waals surface area contributed by atoms with Gasteiger partial charge in [-0.2, -0.15) is 5.26 Å². The molecule has 19 heavy (non-hydrogen) atoms. The summed E-state index contributed by atoms with van der Waals surface area (Å²) in [5, 5.41) is 12.0. The molecule has 1 aliphatic heterocycles. The molecule has 1 heterocycles. The summed E-state index contributed by atoms with van der Waals surface area (Å²) in [7, 11) is 0. The lowest BCUT2D eigenvalue weighted by Crippen LogP contribution is -2.57.